The molecule has 3 heterocycles. The summed E-state index contributed by atoms with van der Waals surface area (Å²) in [6, 6.07) is 15.3. The first kappa shape index (κ1) is 24.3. The van der Waals surface area contributed by atoms with E-state index in [1.807, 2.05) is 44.2 Å². The number of hydrogen-bond acceptors (Lipinski definition) is 4. The molecule has 0 saturated carbocycles. The van der Waals surface area contributed by atoms with Gasteiger partial charge in [-0.05, 0) is 72.7 Å². The van der Waals surface area contributed by atoms with E-state index in [0.29, 0.717) is 37.2 Å². The van der Waals surface area contributed by atoms with Crippen molar-refractivity contribution in [2.45, 2.75) is 51.0 Å². The molecular formula is C30H29FN4O3. The van der Waals surface area contributed by atoms with Gasteiger partial charge in [-0.2, -0.15) is 0 Å². The second kappa shape index (κ2) is 8.75. The summed E-state index contributed by atoms with van der Waals surface area (Å²) in [5.74, 6) is -0.170. The zero-order valence-corrected chi connectivity index (χ0v) is 21.4. The van der Waals surface area contributed by atoms with Crippen molar-refractivity contribution >= 4 is 29.2 Å². The molecule has 2 atom stereocenters. The molecule has 6 rings (SSSR count). The Labute approximate surface area is 220 Å². The standard InChI is InChI=1S/C30H29FN4O3/c1-29(2)12-11-24(18-5-8-21(31)9-6-18)35(28(29)38)17-25(36)33-22-10-7-19-15-30(16-20(19)14-22)23-4-3-13-32-26(23)34-27(30)37/h3-10,13-14,24H,11-12,15-17H2,1-2H3,(H,33,36)(H,32,34,37). The third-order valence-corrected chi connectivity index (χ3v) is 8.29. The van der Waals surface area contributed by atoms with Gasteiger partial charge in [0.15, 0.2) is 0 Å². The molecule has 38 heavy (non-hydrogen) atoms. The summed E-state index contributed by atoms with van der Waals surface area (Å²) in [6.07, 6.45) is 4.16. The summed E-state index contributed by atoms with van der Waals surface area (Å²) in [6.45, 7) is 3.68. The first-order chi connectivity index (χ1) is 18.2. The van der Waals surface area contributed by atoms with Crippen molar-refractivity contribution in [3.63, 3.8) is 0 Å². The normalized spacial score (nSPS) is 23.2. The zero-order valence-electron chi connectivity index (χ0n) is 21.4. The summed E-state index contributed by atoms with van der Waals surface area (Å²) in [5.41, 5.74) is 3.17. The van der Waals surface area contributed by atoms with Crippen molar-refractivity contribution in [2.24, 2.45) is 5.41 Å². The molecule has 1 aromatic heterocycles. The van der Waals surface area contributed by atoms with Crippen molar-refractivity contribution < 1.29 is 18.8 Å². The van der Waals surface area contributed by atoms with Gasteiger partial charge in [-0.3, -0.25) is 14.4 Å². The first-order valence-electron chi connectivity index (χ1n) is 12.9. The lowest BCUT2D eigenvalue weighted by atomic mass is 9.78. The number of nitrogens with zero attached hydrogens (tertiary/aromatic N) is 2. The van der Waals surface area contributed by atoms with Crippen LogP contribution in [0.25, 0.3) is 0 Å². The van der Waals surface area contributed by atoms with Crippen LogP contribution >= 0.6 is 0 Å². The molecule has 1 aliphatic carbocycles. The van der Waals surface area contributed by atoms with E-state index in [1.54, 1.807) is 23.2 Å². The fraction of sp³-hybridized carbons (Fsp3) is 0.333. The van der Waals surface area contributed by atoms with Crippen LogP contribution in [0, 0.1) is 11.2 Å². The van der Waals surface area contributed by atoms with E-state index in [0.717, 1.165) is 22.3 Å². The van der Waals surface area contributed by atoms with Gasteiger partial charge in [0.25, 0.3) is 0 Å². The topological polar surface area (TPSA) is 91.4 Å². The number of piperidine rings is 1. The average molecular weight is 513 g/mol. The largest absolute Gasteiger partial charge is 0.326 e. The third kappa shape index (κ3) is 3.95. The van der Waals surface area contributed by atoms with Gasteiger partial charge >= 0.3 is 0 Å². The Morgan fingerprint density at radius 2 is 1.87 bits per heavy atom. The molecule has 2 aliphatic heterocycles. The van der Waals surface area contributed by atoms with Gasteiger partial charge in [0, 0.05) is 22.9 Å². The van der Waals surface area contributed by atoms with Gasteiger partial charge in [-0.25, -0.2) is 9.37 Å². The monoisotopic (exact) mass is 512 g/mol. The van der Waals surface area contributed by atoms with Crippen molar-refractivity contribution in [3.8, 4) is 0 Å². The molecule has 1 spiro atoms. The van der Waals surface area contributed by atoms with E-state index < -0.39 is 10.8 Å². The molecule has 2 N–H and O–H groups in total. The molecule has 2 aromatic carbocycles. The second-order valence-corrected chi connectivity index (χ2v) is 11.2. The number of nitrogens with one attached hydrogen (secondary N) is 2. The van der Waals surface area contributed by atoms with Crippen LogP contribution in [0.4, 0.5) is 15.9 Å². The molecule has 0 radical (unpaired) electrons. The molecular weight excluding hydrogens is 483 g/mol. The Bertz CT molecular complexity index is 1470. The lowest BCUT2D eigenvalue weighted by molar-refractivity contribution is -0.150. The van der Waals surface area contributed by atoms with E-state index in [-0.39, 0.29) is 36.1 Å². The number of hydrogen-bond donors (Lipinski definition) is 2. The van der Waals surface area contributed by atoms with Crippen LogP contribution in [0.3, 0.4) is 0 Å². The number of carbonyl (C=O) groups is 3. The fourth-order valence-corrected chi connectivity index (χ4v) is 6.20. The SMILES string of the molecule is CC1(C)CCC(c2ccc(F)cc2)N(CC(=O)Nc2ccc3c(c2)CC2(C3)C(=O)Nc3ncccc32)C1=O. The Balaban J connectivity index is 1.20. The quantitative estimate of drug-likeness (QED) is 0.537. The van der Waals surface area contributed by atoms with Crippen LogP contribution < -0.4 is 10.6 Å². The van der Waals surface area contributed by atoms with Gasteiger partial charge in [-0.15, -0.1) is 0 Å². The van der Waals surface area contributed by atoms with Crippen molar-refractivity contribution in [1.29, 1.82) is 0 Å². The fourth-order valence-electron chi connectivity index (χ4n) is 6.20. The Morgan fingerprint density at radius 3 is 2.66 bits per heavy atom. The van der Waals surface area contributed by atoms with Gasteiger partial charge in [0.05, 0.1) is 11.5 Å². The molecule has 194 valence electrons. The minimum absolute atomic E-state index is 0.0500. The van der Waals surface area contributed by atoms with Crippen LogP contribution in [-0.2, 0) is 32.6 Å². The number of pyridine rings is 1. The average Bonchev–Trinajstić information content (AvgIpc) is 3.40. The minimum atomic E-state index is -0.678. The predicted molar refractivity (Wildman–Crippen MR) is 141 cm³/mol. The molecule has 1 fully saturated rings. The van der Waals surface area contributed by atoms with Crippen molar-refractivity contribution in [1.82, 2.24) is 9.88 Å². The number of likely N-dealkylation sites (tertiary alicyclic amines) is 1. The third-order valence-electron chi connectivity index (χ3n) is 8.29. The molecule has 2 unspecified atom stereocenters. The highest BCUT2D eigenvalue weighted by molar-refractivity contribution is 6.06. The van der Waals surface area contributed by atoms with Gasteiger partial charge < -0.3 is 15.5 Å². The number of amides is 3. The highest BCUT2D eigenvalue weighted by Gasteiger charge is 2.51. The Hall–Kier alpha value is -4.07. The molecule has 3 aromatic rings. The first-order valence-corrected chi connectivity index (χ1v) is 12.9. The van der Waals surface area contributed by atoms with Crippen LogP contribution in [0.5, 0.6) is 0 Å². The number of aromatic nitrogens is 1. The minimum Gasteiger partial charge on any atom is -0.326 e. The lowest BCUT2D eigenvalue weighted by Gasteiger charge is -2.43. The predicted octanol–water partition coefficient (Wildman–Crippen LogP) is 4.54. The van der Waals surface area contributed by atoms with Crippen molar-refractivity contribution in [2.75, 3.05) is 17.2 Å². The zero-order chi connectivity index (χ0) is 26.7. The van der Waals surface area contributed by atoms with Crippen LogP contribution in [0.15, 0.2) is 60.8 Å². The summed E-state index contributed by atoms with van der Waals surface area (Å²) in [7, 11) is 0. The van der Waals surface area contributed by atoms with E-state index >= 15 is 0 Å². The molecule has 3 amide bonds. The van der Waals surface area contributed by atoms with Crippen LogP contribution in [-0.4, -0.2) is 34.2 Å². The summed E-state index contributed by atoms with van der Waals surface area (Å²) in [5, 5.41) is 5.86. The number of rotatable bonds is 4. The maximum atomic E-state index is 13.5. The number of fused-ring (bicyclic) bond motifs is 3. The number of benzene rings is 2. The van der Waals surface area contributed by atoms with Crippen LogP contribution in [0.1, 0.15) is 55.0 Å². The lowest BCUT2D eigenvalue weighted by Crippen LogP contribution is -2.50. The summed E-state index contributed by atoms with van der Waals surface area (Å²) < 4.78 is 13.5. The summed E-state index contributed by atoms with van der Waals surface area (Å²) >= 11 is 0. The molecule has 3 aliphatic rings. The van der Waals surface area contributed by atoms with E-state index in [1.165, 1.54) is 12.1 Å². The summed E-state index contributed by atoms with van der Waals surface area (Å²) in [4.78, 5) is 45.4. The van der Waals surface area contributed by atoms with Crippen LogP contribution in [0.2, 0.25) is 0 Å². The number of halogens is 1. The number of carbonyl (C=O) groups excluding carboxylic acids is 3. The highest BCUT2D eigenvalue weighted by atomic mass is 19.1. The van der Waals surface area contributed by atoms with E-state index in [9.17, 15) is 18.8 Å². The van der Waals surface area contributed by atoms with E-state index in [4.69, 9.17) is 0 Å². The maximum absolute atomic E-state index is 13.5. The molecule has 0 bridgehead atoms. The second-order valence-electron chi connectivity index (χ2n) is 11.2. The van der Waals surface area contributed by atoms with Gasteiger partial charge in [0.1, 0.15) is 18.2 Å². The molecule has 8 heteroatoms. The smallest absolute Gasteiger partial charge is 0.244 e. The Kier molecular flexibility index (Phi) is 5.59. The van der Waals surface area contributed by atoms with E-state index in [2.05, 4.69) is 15.6 Å². The highest BCUT2D eigenvalue weighted by Crippen LogP contribution is 2.47. The van der Waals surface area contributed by atoms with Crippen molar-refractivity contribution in [3.05, 3.63) is 88.9 Å². The maximum Gasteiger partial charge on any atom is 0.244 e. The Morgan fingerprint density at radius 1 is 1.11 bits per heavy atom. The van der Waals surface area contributed by atoms with Gasteiger partial charge in [-0.1, -0.05) is 38.1 Å². The molecule has 7 nitrogen and oxygen atoms in total. The van der Waals surface area contributed by atoms with Gasteiger partial charge in [0.2, 0.25) is 17.7 Å². The number of anilines is 2. The molecule has 1 saturated heterocycles.